The molecule has 0 aliphatic rings. The van der Waals surface area contributed by atoms with Crippen molar-refractivity contribution in [3.8, 4) is 17.0 Å². The number of ketones is 1. The van der Waals surface area contributed by atoms with Crippen LogP contribution < -0.4 is 5.32 Å². The Bertz CT molecular complexity index is 1670. The smallest absolute Gasteiger partial charge is 0.273 e. The minimum Gasteiger partial charge on any atom is -0.507 e. The fourth-order valence-corrected chi connectivity index (χ4v) is 3.96. The molecule has 0 saturated heterocycles. The molecule has 1 amide bonds. The third-order valence-electron chi connectivity index (χ3n) is 6.27. The molecular weight excluding hydrogens is 461 g/mol. The van der Waals surface area contributed by atoms with Gasteiger partial charge in [-0.15, -0.1) is 0 Å². The van der Waals surface area contributed by atoms with E-state index in [1.54, 1.807) is 44.2 Å². The van der Waals surface area contributed by atoms with E-state index in [9.17, 15) is 19.1 Å². The van der Waals surface area contributed by atoms with Crippen LogP contribution >= 0.6 is 0 Å². The summed E-state index contributed by atoms with van der Waals surface area (Å²) in [5, 5.41) is 20.6. The standard InChI is InChI=1S/C28H22FN3O4/c1-14-9-11-18(25(33)16(14)3)21-13-22(32-31-21)28(35)30-24-19-6-4-5-7-23(19)36-27(24)26(34)17-10-8-15(2)20(29)12-17/h4-13,33H,1-3H3,(H,30,35)(H,31,32). The van der Waals surface area contributed by atoms with Crippen molar-refractivity contribution in [1.29, 1.82) is 0 Å². The Hall–Kier alpha value is -4.72. The van der Waals surface area contributed by atoms with Gasteiger partial charge in [0.25, 0.3) is 5.91 Å². The summed E-state index contributed by atoms with van der Waals surface area (Å²) in [5.41, 5.74) is 3.73. The maximum Gasteiger partial charge on any atom is 0.273 e. The van der Waals surface area contributed by atoms with Gasteiger partial charge in [-0.1, -0.05) is 30.3 Å². The van der Waals surface area contributed by atoms with Crippen molar-refractivity contribution in [2.45, 2.75) is 20.8 Å². The number of fused-ring (bicyclic) bond motifs is 1. The van der Waals surface area contributed by atoms with Crippen LogP contribution in [0.5, 0.6) is 5.75 Å². The van der Waals surface area contributed by atoms with Gasteiger partial charge in [-0.2, -0.15) is 5.10 Å². The number of carbonyl (C=O) groups excluding carboxylic acids is 2. The molecule has 8 heteroatoms. The highest BCUT2D eigenvalue weighted by Gasteiger charge is 2.25. The lowest BCUT2D eigenvalue weighted by atomic mass is 10.0. The Balaban J connectivity index is 1.51. The number of benzene rings is 3. The van der Waals surface area contributed by atoms with Crippen molar-refractivity contribution in [2.75, 3.05) is 5.32 Å². The zero-order chi connectivity index (χ0) is 25.6. The maximum atomic E-state index is 14.1. The number of rotatable bonds is 5. The number of halogens is 1. The minimum absolute atomic E-state index is 0.0903. The molecule has 3 N–H and O–H groups in total. The summed E-state index contributed by atoms with van der Waals surface area (Å²) in [6, 6.07) is 16.2. The SMILES string of the molecule is Cc1ccc(C(=O)c2oc3ccccc3c2NC(=O)c2cc(-c3ccc(C)c(C)c3O)n[nH]2)cc1F. The topological polar surface area (TPSA) is 108 Å². The van der Waals surface area contributed by atoms with E-state index in [0.29, 0.717) is 27.8 Å². The molecule has 36 heavy (non-hydrogen) atoms. The van der Waals surface area contributed by atoms with E-state index < -0.39 is 17.5 Å². The van der Waals surface area contributed by atoms with E-state index >= 15 is 0 Å². The summed E-state index contributed by atoms with van der Waals surface area (Å²) in [6.45, 7) is 5.30. The summed E-state index contributed by atoms with van der Waals surface area (Å²) in [4.78, 5) is 26.4. The number of anilines is 1. The number of H-pyrrole nitrogens is 1. The third-order valence-corrected chi connectivity index (χ3v) is 6.27. The van der Waals surface area contributed by atoms with Crippen LogP contribution in [0.15, 0.2) is 65.1 Å². The number of hydrogen-bond acceptors (Lipinski definition) is 5. The fourth-order valence-electron chi connectivity index (χ4n) is 3.96. The summed E-state index contributed by atoms with van der Waals surface area (Å²) >= 11 is 0. The number of para-hydroxylation sites is 1. The Morgan fingerprint density at radius 1 is 1.00 bits per heavy atom. The van der Waals surface area contributed by atoms with Crippen LogP contribution in [0.25, 0.3) is 22.2 Å². The number of aromatic hydroxyl groups is 1. The van der Waals surface area contributed by atoms with E-state index in [1.807, 2.05) is 13.0 Å². The maximum absolute atomic E-state index is 14.1. The van der Waals surface area contributed by atoms with E-state index in [4.69, 9.17) is 4.42 Å². The molecule has 0 atom stereocenters. The molecule has 7 nitrogen and oxygen atoms in total. The first-order chi connectivity index (χ1) is 17.2. The summed E-state index contributed by atoms with van der Waals surface area (Å²) < 4.78 is 19.9. The van der Waals surface area contributed by atoms with Crippen molar-refractivity contribution in [3.05, 3.63) is 100 Å². The predicted molar refractivity (Wildman–Crippen MR) is 134 cm³/mol. The summed E-state index contributed by atoms with van der Waals surface area (Å²) in [7, 11) is 0. The molecule has 3 aromatic carbocycles. The van der Waals surface area contributed by atoms with E-state index in [-0.39, 0.29) is 28.5 Å². The van der Waals surface area contributed by atoms with Gasteiger partial charge in [0.05, 0.1) is 11.4 Å². The lowest BCUT2D eigenvalue weighted by molar-refractivity contribution is 0.101. The van der Waals surface area contributed by atoms with Crippen molar-refractivity contribution in [2.24, 2.45) is 0 Å². The second kappa shape index (κ2) is 8.81. The van der Waals surface area contributed by atoms with Gasteiger partial charge in [0.15, 0.2) is 5.76 Å². The van der Waals surface area contributed by atoms with Crippen LogP contribution in [0.4, 0.5) is 10.1 Å². The predicted octanol–water partition coefficient (Wildman–Crippen LogP) is 6.08. The molecule has 0 spiro atoms. The van der Waals surface area contributed by atoms with Gasteiger partial charge in [0, 0.05) is 16.5 Å². The molecule has 2 heterocycles. The third kappa shape index (κ3) is 3.92. The molecule has 5 aromatic rings. The summed E-state index contributed by atoms with van der Waals surface area (Å²) in [6.07, 6.45) is 0. The number of nitrogens with one attached hydrogen (secondary N) is 2. The Morgan fingerprint density at radius 2 is 1.75 bits per heavy atom. The normalized spacial score (nSPS) is 11.1. The van der Waals surface area contributed by atoms with Crippen LogP contribution in [0.3, 0.4) is 0 Å². The number of nitrogens with zero attached hydrogens (tertiary/aromatic N) is 1. The average Bonchev–Trinajstić information content (AvgIpc) is 3.50. The van der Waals surface area contributed by atoms with E-state index in [2.05, 4.69) is 15.5 Å². The van der Waals surface area contributed by atoms with Crippen molar-refractivity contribution in [1.82, 2.24) is 10.2 Å². The first-order valence-electron chi connectivity index (χ1n) is 11.2. The zero-order valence-electron chi connectivity index (χ0n) is 19.8. The minimum atomic E-state index is -0.564. The van der Waals surface area contributed by atoms with Gasteiger partial charge in [-0.3, -0.25) is 14.7 Å². The quantitative estimate of drug-likeness (QED) is 0.263. The van der Waals surface area contributed by atoms with Gasteiger partial charge < -0.3 is 14.8 Å². The lowest BCUT2D eigenvalue weighted by Gasteiger charge is -2.07. The molecule has 0 aliphatic carbocycles. The van der Waals surface area contributed by atoms with Gasteiger partial charge in [-0.05, 0) is 67.8 Å². The molecule has 0 radical (unpaired) electrons. The number of carbonyl (C=O) groups is 2. The van der Waals surface area contributed by atoms with Crippen LogP contribution in [0, 0.1) is 26.6 Å². The first kappa shape index (κ1) is 23.0. The van der Waals surface area contributed by atoms with E-state index in [1.165, 1.54) is 18.2 Å². The highest BCUT2D eigenvalue weighted by Crippen LogP contribution is 2.35. The number of aryl methyl sites for hydroxylation is 2. The van der Waals surface area contributed by atoms with Gasteiger partial charge in [-0.25, -0.2) is 4.39 Å². The number of furan rings is 1. The molecule has 0 unspecified atom stereocenters. The van der Waals surface area contributed by atoms with Crippen LogP contribution in [-0.4, -0.2) is 27.0 Å². The number of aromatic amines is 1. The molecule has 0 saturated carbocycles. The molecular formula is C28H22FN3O4. The monoisotopic (exact) mass is 483 g/mol. The van der Waals surface area contributed by atoms with Crippen molar-refractivity contribution < 1.29 is 23.5 Å². The Kier molecular flexibility index (Phi) is 5.64. The van der Waals surface area contributed by atoms with Crippen molar-refractivity contribution >= 4 is 28.3 Å². The molecule has 0 aliphatic heterocycles. The average molecular weight is 483 g/mol. The molecule has 0 fully saturated rings. The molecule has 2 aromatic heterocycles. The number of amides is 1. The van der Waals surface area contributed by atoms with Crippen LogP contribution in [0.1, 0.15) is 43.3 Å². The second-order valence-corrected chi connectivity index (χ2v) is 8.62. The molecule has 180 valence electrons. The Morgan fingerprint density at radius 3 is 2.53 bits per heavy atom. The second-order valence-electron chi connectivity index (χ2n) is 8.62. The number of phenols is 1. The summed E-state index contributed by atoms with van der Waals surface area (Å²) in [5.74, 6) is -1.66. The van der Waals surface area contributed by atoms with Crippen molar-refractivity contribution in [3.63, 3.8) is 0 Å². The van der Waals surface area contributed by atoms with Gasteiger partial charge >= 0.3 is 0 Å². The largest absolute Gasteiger partial charge is 0.507 e. The number of aromatic nitrogens is 2. The zero-order valence-corrected chi connectivity index (χ0v) is 19.8. The van der Waals surface area contributed by atoms with E-state index in [0.717, 1.165) is 17.2 Å². The first-order valence-corrected chi connectivity index (χ1v) is 11.2. The molecule has 0 bridgehead atoms. The molecule has 5 rings (SSSR count). The number of hydrogen-bond donors (Lipinski definition) is 3. The van der Waals surface area contributed by atoms with Gasteiger partial charge in [0.2, 0.25) is 5.78 Å². The highest BCUT2D eigenvalue weighted by atomic mass is 19.1. The van der Waals surface area contributed by atoms with Crippen LogP contribution in [-0.2, 0) is 0 Å². The highest BCUT2D eigenvalue weighted by molar-refractivity contribution is 6.18. The van der Waals surface area contributed by atoms with Gasteiger partial charge in [0.1, 0.15) is 22.8 Å². The fraction of sp³-hybridized carbons (Fsp3) is 0.107. The van der Waals surface area contributed by atoms with Crippen LogP contribution in [0.2, 0.25) is 0 Å². The Labute approximate surface area is 205 Å². The number of phenolic OH excluding ortho intramolecular Hbond substituents is 1. The lowest BCUT2D eigenvalue weighted by Crippen LogP contribution is -2.15.